The van der Waals surface area contributed by atoms with Gasteiger partial charge in [0, 0.05) is 5.41 Å². The summed E-state index contributed by atoms with van der Waals surface area (Å²) in [7, 11) is 0. The number of hydrogen-bond acceptors (Lipinski definition) is 3. The van der Waals surface area contributed by atoms with E-state index in [0.717, 1.165) is 32.1 Å². The molecule has 0 heterocycles. The van der Waals surface area contributed by atoms with Crippen LogP contribution in [0.1, 0.15) is 38.5 Å². The molecule has 1 rings (SSSR count). The highest BCUT2D eigenvalue weighted by molar-refractivity contribution is 5.67. The summed E-state index contributed by atoms with van der Waals surface area (Å²) in [5.74, 6) is -0.814. The third-order valence-corrected chi connectivity index (χ3v) is 2.84. The van der Waals surface area contributed by atoms with Crippen LogP contribution in [0.3, 0.4) is 0 Å². The van der Waals surface area contributed by atoms with Gasteiger partial charge in [0.2, 0.25) is 0 Å². The highest BCUT2D eigenvalue weighted by Crippen LogP contribution is 2.39. The lowest BCUT2D eigenvalue weighted by Gasteiger charge is -2.33. The highest BCUT2D eigenvalue weighted by atomic mass is 16.4. The molecule has 0 atom stereocenters. The van der Waals surface area contributed by atoms with Gasteiger partial charge in [-0.15, -0.1) is 0 Å². The van der Waals surface area contributed by atoms with Gasteiger partial charge in [0.05, 0.1) is 13.0 Å². The van der Waals surface area contributed by atoms with Gasteiger partial charge >= 0.3 is 5.97 Å². The topological polar surface area (TPSA) is 66.7 Å². The van der Waals surface area contributed by atoms with Crippen molar-refractivity contribution in [2.45, 2.75) is 38.5 Å². The van der Waals surface area contributed by atoms with Crippen molar-refractivity contribution < 1.29 is 9.90 Å². The van der Waals surface area contributed by atoms with Crippen molar-refractivity contribution in [1.29, 1.82) is 0 Å². The second-order valence-electron chi connectivity index (χ2n) is 3.92. The van der Waals surface area contributed by atoms with Crippen molar-refractivity contribution >= 4 is 5.97 Å². The fraction of sp³-hybridized carbons (Fsp3) is 0.889. The normalized spacial score (nSPS) is 20.9. The van der Waals surface area contributed by atoms with E-state index in [2.05, 4.69) is 5.18 Å². The number of nitrogens with zero attached hydrogens (tertiary/aromatic N) is 1. The summed E-state index contributed by atoms with van der Waals surface area (Å²) in [5.41, 5.74) is -0.328. The molecule has 0 unspecified atom stereocenters. The first-order valence-corrected chi connectivity index (χ1v) is 4.69. The van der Waals surface area contributed by atoms with Crippen LogP contribution < -0.4 is 0 Å². The number of rotatable bonds is 4. The van der Waals surface area contributed by atoms with Gasteiger partial charge in [0.25, 0.3) is 0 Å². The van der Waals surface area contributed by atoms with Gasteiger partial charge in [-0.2, -0.15) is 4.91 Å². The molecule has 4 nitrogen and oxygen atoms in total. The van der Waals surface area contributed by atoms with Gasteiger partial charge in [-0.3, -0.25) is 4.79 Å². The van der Waals surface area contributed by atoms with Crippen molar-refractivity contribution in [2.75, 3.05) is 6.54 Å². The molecule has 0 spiro atoms. The van der Waals surface area contributed by atoms with Crippen LogP contribution in [0, 0.1) is 10.3 Å². The summed E-state index contributed by atoms with van der Waals surface area (Å²) in [4.78, 5) is 20.8. The maximum atomic E-state index is 10.6. The minimum Gasteiger partial charge on any atom is -0.481 e. The Balaban J connectivity index is 2.60. The molecule has 0 saturated heterocycles. The Morgan fingerprint density at radius 3 is 2.38 bits per heavy atom. The summed E-state index contributed by atoms with van der Waals surface area (Å²) in [6, 6.07) is 0. The van der Waals surface area contributed by atoms with E-state index in [1.54, 1.807) is 0 Å². The molecule has 0 aliphatic heterocycles. The Hall–Kier alpha value is -0.930. The van der Waals surface area contributed by atoms with E-state index in [0.29, 0.717) is 0 Å². The Bertz CT molecular complexity index is 197. The molecule has 0 aromatic rings. The van der Waals surface area contributed by atoms with Crippen LogP contribution in [-0.4, -0.2) is 17.6 Å². The van der Waals surface area contributed by atoms with Gasteiger partial charge in [0.15, 0.2) is 0 Å². The quantitative estimate of drug-likeness (QED) is 0.682. The van der Waals surface area contributed by atoms with E-state index in [1.165, 1.54) is 0 Å². The monoisotopic (exact) mass is 185 g/mol. The van der Waals surface area contributed by atoms with Crippen LogP contribution in [0.5, 0.6) is 0 Å². The lowest BCUT2D eigenvalue weighted by Crippen LogP contribution is -2.30. The van der Waals surface area contributed by atoms with Crippen molar-refractivity contribution in [3.05, 3.63) is 4.91 Å². The van der Waals surface area contributed by atoms with E-state index in [9.17, 15) is 9.70 Å². The van der Waals surface area contributed by atoms with Gasteiger partial charge in [-0.1, -0.05) is 24.4 Å². The van der Waals surface area contributed by atoms with Crippen LogP contribution in [0.4, 0.5) is 0 Å². The Morgan fingerprint density at radius 1 is 1.31 bits per heavy atom. The number of carboxylic acids is 1. The SMILES string of the molecule is O=NCC1(CC(=O)O)CCCCC1. The second-order valence-corrected chi connectivity index (χ2v) is 3.92. The van der Waals surface area contributed by atoms with Gasteiger partial charge < -0.3 is 5.11 Å². The molecular formula is C9H15NO3. The lowest BCUT2D eigenvalue weighted by atomic mass is 9.72. The first-order chi connectivity index (χ1) is 6.18. The first kappa shape index (κ1) is 10.2. The minimum absolute atomic E-state index is 0.0960. The van der Waals surface area contributed by atoms with Gasteiger partial charge in [-0.05, 0) is 12.8 Å². The zero-order valence-corrected chi connectivity index (χ0v) is 7.66. The summed E-state index contributed by atoms with van der Waals surface area (Å²) in [6.07, 6.45) is 4.99. The zero-order chi connectivity index (χ0) is 9.73. The van der Waals surface area contributed by atoms with Crippen LogP contribution in [0.15, 0.2) is 5.18 Å². The van der Waals surface area contributed by atoms with Crippen LogP contribution in [0.2, 0.25) is 0 Å². The fourth-order valence-electron chi connectivity index (χ4n) is 2.15. The lowest BCUT2D eigenvalue weighted by molar-refractivity contribution is -0.140. The molecule has 1 N–H and O–H groups in total. The maximum Gasteiger partial charge on any atom is 0.303 e. The second kappa shape index (κ2) is 4.35. The van der Waals surface area contributed by atoms with E-state index < -0.39 is 5.97 Å². The molecule has 1 saturated carbocycles. The Labute approximate surface area is 77.3 Å². The number of nitroso groups, excluding NO2 is 1. The van der Waals surface area contributed by atoms with Crippen molar-refractivity contribution in [2.24, 2.45) is 10.6 Å². The Kier molecular flexibility index (Phi) is 3.39. The maximum absolute atomic E-state index is 10.6. The molecule has 1 fully saturated rings. The summed E-state index contributed by atoms with van der Waals surface area (Å²) in [5, 5.41) is 11.6. The molecule has 0 aromatic heterocycles. The molecule has 0 radical (unpaired) electrons. The predicted molar refractivity (Wildman–Crippen MR) is 48.4 cm³/mol. The average Bonchev–Trinajstić information content (AvgIpc) is 2.04. The summed E-state index contributed by atoms with van der Waals surface area (Å²) < 4.78 is 0. The van der Waals surface area contributed by atoms with Crippen LogP contribution in [0.25, 0.3) is 0 Å². The first-order valence-electron chi connectivity index (χ1n) is 4.69. The van der Waals surface area contributed by atoms with E-state index >= 15 is 0 Å². The number of carboxylic acid groups (broad SMARTS) is 1. The molecule has 0 bridgehead atoms. The van der Waals surface area contributed by atoms with E-state index in [-0.39, 0.29) is 18.4 Å². The van der Waals surface area contributed by atoms with E-state index in [1.807, 2.05) is 0 Å². The zero-order valence-electron chi connectivity index (χ0n) is 7.66. The summed E-state index contributed by atoms with van der Waals surface area (Å²) >= 11 is 0. The molecule has 1 aliphatic rings. The van der Waals surface area contributed by atoms with Crippen molar-refractivity contribution in [3.63, 3.8) is 0 Å². The molecule has 1 aliphatic carbocycles. The van der Waals surface area contributed by atoms with Gasteiger partial charge in [0.1, 0.15) is 0 Å². The highest BCUT2D eigenvalue weighted by Gasteiger charge is 2.34. The molecular weight excluding hydrogens is 170 g/mol. The number of hydrogen-bond donors (Lipinski definition) is 1. The Morgan fingerprint density at radius 2 is 1.92 bits per heavy atom. The average molecular weight is 185 g/mol. The third kappa shape index (κ3) is 2.79. The largest absolute Gasteiger partial charge is 0.481 e. The third-order valence-electron chi connectivity index (χ3n) is 2.84. The van der Waals surface area contributed by atoms with Crippen LogP contribution in [-0.2, 0) is 4.79 Å². The van der Waals surface area contributed by atoms with Crippen molar-refractivity contribution in [3.8, 4) is 0 Å². The van der Waals surface area contributed by atoms with Crippen molar-refractivity contribution in [1.82, 2.24) is 0 Å². The molecule has 0 aromatic carbocycles. The van der Waals surface area contributed by atoms with Crippen LogP contribution >= 0.6 is 0 Å². The smallest absolute Gasteiger partial charge is 0.303 e. The number of aliphatic carboxylic acids is 1. The minimum atomic E-state index is -0.814. The predicted octanol–water partition coefficient (Wildman–Crippen LogP) is 2.18. The number of carbonyl (C=O) groups is 1. The molecule has 0 amide bonds. The molecule has 74 valence electrons. The fourth-order valence-corrected chi connectivity index (χ4v) is 2.15. The standard InChI is InChI=1S/C9H15NO3/c11-8(12)6-9(7-10-13)4-2-1-3-5-9/h1-7H2,(H,11,12). The molecule has 4 heteroatoms. The van der Waals surface area contributed by atoms with Gasteiger partial charge in [-0.25, -0.2) is 0 Å². The molecule has 13 heavy (non-hydrogen) atoms. The summed E-state index contributed by atoms with van der Waals surface area (Å²) in [6.45, 7) is 0.166. The van der Waals surface area contributed by atoms with E-state index in [4.69, 9.17) is 5.11 Å².